The average Bonchev–Trinajstić information content (AvgIpc) is 2.36. The van der Waals surface area contributed by atoms with Crippen molar-refractivity contribution >= 4 is 5.91 Å². The molecule has 0 bridgehead atoms. The Morgan fingerprint density at radius 2 is 2.06 bits per heavy atom. The van der Waals surface area contributed by atoms with Crippen LogP contribution in [0.25, 0.3) is 0 Å². The van der Waals surface area contributed by atoms with Crippen LogP contribution in [0, 0.1) is 5.41 Å². The first kappa shape index (κ1) is 14.5. The molecule has 0 aliphatic carbocycles. The lowest BCUT2D eigenvalue weighted by Crippen LogP contribution is -2.31. The molecular weight excluding hydrogens is 214 g/mol. The van der Waals surface area contributed by atoms with E-state index in [4.69, 9.17) is 0 Å². The lowest BCUT2D eigenvalue weighted by atomic mass is 9.85. The van der Waals surface area contributed by atoms with Gasteiger partial charge >= 0.3 is 0 Å². The van der Waals surface area contributed by atoms with E-state index in [-0.39, 0.29) is 6.10 Å². The van der Waals surface area contributed by atoms with Crippen molar-refractivity contribution in [2.24, 2.45) is 5.41 Å². The third kappa shape index (κ3) is 5.53. The Bertz CT molecular complexity index is 249. The number of likely N-dealkylation sites (tertiary alicyclic amines) is 1. The van der Waals surface area contributed by atoms with Crippen molar-refractivity contribution in [3.63, 3.8) is 0 Å². The Labute approximate surface area is 105 Å². The van der Waals surface area contributed by atoms with Gasteiger partial charge in [-0.25, -0.2) is 0 Å². The topological polar surface area (TPSA) is 40.5 Å². The van der Waals surface area contributed by atoms with Crippen LogP contribution >= 0.6 is 0 Å². The van der Waals surface area contributed by atoms with E-state index in [0.717, 1.165) is 45.2 Å². The van der Waals surface area contributed by atoms with Crippen molar-refractivity contribution in [2.45, 2.75) is 65.4 Å². The maximum Gasteiger partial charge on any atom is 0.222 e. The summed E-state index contributed by atoms with van der Waals surface area (Å²) in [6.07, 6.45) is 5.46. The predicted octanol–water partition coefficient (Wildman–Crippen LogP) is 2.58. The second-order valence-corrected chi connectivity index (χ2v) is 6.14. The van der Waals surface area contributed by atoms with Crippen LogP contribution in [-0.4, -0.2) is 35.1 Å². The number of hydrogen-bond donors (Lipinski definition) is 1. The van der Waals surface area contributed by atoms with E-state index >= 15 is 0 Å². The summed E-state index contributed by atoms with van der Waals surface area (Å²) in [7, 11) is 0. The fourth-order valence-electron chi connectivity index (χ4n) is 2.27. The fraction of sp³-hybridized carbons (Fsp3) is 0.929. The summed E-state index contributed by atoms with van der Waals surface area (Å²) < 4.78 is 0. The standard InChI is InChI=1S/C14H27NO2/c1-12(16)6-4-5-10-15-11-9-14(2,3)8-7-13(15)17/h12,16H,4-11H2,1-3H3. The van der Waals surface area contributed by atoms with E-state index in [2.05, 4.69) is 13.8 Å². The molecule has 1 fully saturated rings. The van der Waals surface area contributed by atoms with Gasteiger partial charge in [0.05, 0.1) is 6.10 Å². The maximum atomic E-state index is 11.9. The molecule has 1 amide bonds. The molecule has 1 aliphatic heterocycles. The number of aliphatic hydroxyl groups is 1. The minimum Gasteiger partial charge on any atom is -0.393 e. The Morgan fingerprint density at radius 3 is 2.71 bits per heavy atom. The fourth-order valence-corrected chi connectivity index (χ4v) is 2.27. The molecule has 1 aliphatic rings. The van der Waals surface area contributed by atoms with E-state index in [9.17, 15) is 9.90 Å². The van der Waals surface area contributed by atoms with Gasteiger partial charge in [0.25, 0.3) is 0 Å². The normalized spacial score (nSPS) is 22.4. The van der Waals surface area contributed by atoms with Gasteiger partial charge in [-0.05, 0) is 44.4 Å². The number of carbonyl (C=O) groups is 1. The number of nitrogens with zero attached hydrogens (tertiary/aromatic N) is 1. The van der Waals surface area contributed by atoms with Gasteiger partial charge in [0.15, 0.2) is 0 Å². The first-order valence-corrected chi connectivity index (χ1v) is 6.86. The Kier molecular flexibility index (Phi) is 5.44. The summed E-state index contributed by atoms with van der Waals surface area (Å²) >= 11 is 0. The third-order valence-corrected chi connectivity index (χ3v) is 3.73. The first-order valence-electron chi connectivity index (χ1n) is 6.86. The van der Waals surface area contributed by atoms with Crippen LogP contribution in [-0.2, 0) is 4.79 Å². The van der Waals surface area contributed by atoms with Gasteiger partial charge in [0, 0.05) is 19.5 Å². The molecule has 100 valence electrons. The highest BCUT2D eigenvalue weighted by Crippen LogP contribution is 2.30. The predicted molar refractivity (Wildman–Crippen MR) is 69.7 cm³/mol. The van der Waals surface area contributed by atoms with E-state index < -0.39 is 0 Å². The highest BCUT2D eigenvalue weighted by atomic mass is 16.3. The van der Waals surface area contributed by atoms with Gasteiger partial charge in [0.1, 0.15) is 0 Å². The number of carbonyl (C=O) groups excluding carboxylic acids is 1. The molecule has 3 heteroatoms. The molecule has 0 aromatic heterocycles. The van der Waals surface area contributed by atoms with Crippen molar-refractivity contribution < 1.29 is 9.90 Å². The van der Waals surface area contributed by atoms with Gasteiger partial charge in [0.2, 0.25) is 5.91 Å². The zero-order valence-electron chi connectivity index (χ0n) is 11.5. The zero-order valence-corrected chi connectivity index (χ0v) is 11.5. The minimum atomic E-state index is -0.214. The van der Waals surface area contributed by atoms with Gasteiger partial charge in [-0.2, -0.15) is 0 Å². The number of rotatable bonds is 5. The Hall–Kier alpha value is -0.570. The highest BCUT2D eigenvalue weighted by Gasteiger charge is 2.26. The number of hydrogen-bond acceptors (Lipinski definition) is 2. The van der Waals surface area contributed by atoms with Gasteiger partial charge in [-0.3, -0.25) is 4.79 Å². The number of unbranched alkanes of at least 4 members (excludes halogenated alkanes) is 1. The van der Waals surface area contributed by atoms with E-state index in [1.165, 1.54) is 0 Å². The van der Waals surface area contributed by atoms with E-state index in [0.29, 0.717) is 17.7 Å². The summed E-state index contributed by atoms with van der Waals surface area (Å²) in [6, 6.07) is 0. The molecule has 17 heavy (non-hydrogen) atoms. The van der Waals surface area contributed by atoms with Crippen LogP contribution < -0.4 is 0 Å². The van der Waals surface area contributed by atoms with Crippen LogP contribution in [0.2, 0.25) is 0 Å². The van der Waals surface area contributed by atoms with Crippen LogP contribution in [0.3, 0.4) is 0 Å². The quantitative estimate of drug-likeness (QED) is 0.752. The summed E-state index contributed by atoms with van der Waals surface area (Å²) in [4.78, 5) is 13.9. The smallest absolute Gasteiger partial charge is 0.222 e. The molecule has 0 saturated carbocycles. The molecule has 0 aromatic rings. The first-order chi connectivity index (χ1) is 7.91. The van der Waals surface area contributed by atoms with Crippen molar-refractivity contribution in [3.8, 4) is 0 Å². The molecule has 0 spiro atoms. The van der Waals surface area contributed by atoms with Crippen molar-refractivity contribution in [1.29, 1.82) is 0 Å². The maximum absolute atomic E-state index is 11.9. The van der Waals surface area contributed by atoms with E-state index in [1.54, 1.807) is 0 Å². The summed E-state index contributed by atoms with van der Waals surface area (Å²) in [6.45, 7) is 8.08. The summed E-state index contributed by atoms with van der Waals surface area (Å²) in [5, 5.41) is 9.17. The zero-order chi connectivity index (χ0) is 12.9. The molecule has 1 rings (SSSR count). The molecule has 1 unspecified atom stereocenters. The number of amides is 1. The van der Waals surface area contributed by atoms with Crippen molar-refractivity contribution in [1.82, 2.24) is 4.90 Å². The van der Waals surface area contributed by atoms with Crippen molar-refractivity contribution in [2.75, 3.05) is 13.1 Å². The molecule has 1 heterocycles. The van der Waals surface area contributed by atoms with Crippen LogP contribution in [0.15, 0.2) is 0 Å². The highest BCUT2D eigenvalue weighted by molar-refractivity contribution is 5.76. The molecule has 3 nitrogen and oxygen atoms in total. The van der Waals surface area contributed by atoms with Crippen LogP contribution in [0.1, 0.15) is 59.3 Å². The van der Waals surface area contributed by atoms with Crippen LogP contribution in [0.5, 0.6) is 0 Å². The average molecular weight is 241 g/mol. The second kappa shape index (κ2) is 6.39. The minimum absolute atomic E-state index is 0.214. The summed E-state index contributed by atoms with van der Waals surface area (Å²) in [5.41, 5.74) is 0.310. The number of aliphatic hydroxyl groups excluding tert-OH is 1. The van der Waals surface area contributed by atoms with Crippen molar-refractivity contribution in [3.05, 3.63) is 0 Å². The molecule has 0 aromatic carbocycles. The SMILES string of the molecule is CC(O)CCCCN1CCC(C)(C)CCC1=O. The second-order valence-electron chi connectivity index (χ2n) is 6.14. The van der Waals surface area contributed by atoms with Gasteiger partial charge in [-0.15, -0.1) is 0 Å². The molecule has 1 N–H and O–H groups in total. The Balaban J connectivity index is 2.30. The lowest BCUT2D eigenvalue weighted by molar-refractivity contribution is -0.130. The molecule has 1 saturated heterocycles. The van der Waals surface area contributed by atoms with Gasteiger partial charge < -0.3 is 10.0 Å². The van der Waals surface area contributed by atoms with Crippen LogP contribution in [0.4, 0.5) is 0 Å². The lowest BCUT2D eigenvalue weighted by Gasteiger charge is -2.23. The largest absolute Gasteiger partial charge is 0.393 e. The third-order valence-electron chi connectivity index (χ3n) is 3.73. The van der Waals surface area contributed by atoms with E-state index in [1.807, 2.05) is 11.8 Å². The Morgan fingerprint density at radius 1 is 1.35 bits per heavy atom. The summed E-state index contributed by atoms with van der Waals surface area (Å²) in [5.74, 6) is 0.313. The molecular formula is C14H27NO2. The molecule has 0 radical (unpaired) electrons. The molecule has 1 atom stereocenters. The van der Waals surface area contributed by atoms with Gasteiger partial charge in [-0.1, -0.05) is 13.8 Å². The monoisotopic (exact) mass is 241 g/mol.